The summed E-state index contributed by atoms with van der Waals surface area (Å²) in [6.07, 6.45) is 14.3. The third kappa shape index (κ3) is 3.55. The molecule has 17 aliphatic rings. The molecule has 29 unspecified atom stereocenters. The average Bonchev–Trinajstić information content (AvgIpc) is 4.19. The summed E-state index contributed by atoms with van der Waals surface area (Å²) in [5.41, 5.74) is 10.9. The van der Waals surface area contributed by atoms with Crippen molar-refractivity contribution in [2.24, 2.45) is 165 Å². The highest BCUT2D eigenvalue weighted by molar-refractivity contribution is 5.53. The van der Waals surface area contributed by atoms with Crippen LogP contribution in [0.1, 0.15) is 67.7 Å². The molecule has 20 rings (SSSR count). The van der Waals surface area contributed by atoms with E-state index >= 15 is 0 Å². The van der Waals surface area contributed by atoms with Gasteiger partial charge in [-0.15, -0.1) is 0 Å². The molecular formula is C62H65NO2. The summed E-state index contributed by atoms with van der Waals surface area (Å²) in [5.74, 6) is 29.6. The summed E-state index contributed by atoms with van der Waals surface area (Å²) in [4.78, 5) is 2.98. The third-order valence-electron chi connectivity index (χ3n) is 26.9. The standard InChI is InChI=1S/C62H65NO2/c1-63-23-37-36-20-34-18-31-16-32-15-29-14-30-17-33-19-35-22-62(37,61(63)28-12-13-38(64-24-26-8-4-2-5-9-26)39(21-28)65-25-27-10-6-3-7-11-27)60-46(35)51-45(33)50-41(30)40(29)48-44(32)49-42(31)43(34)52-47(36)59(60)58-56(51)54(50)53(48)55(49)57(52)58/h2-13,19,21,29-32,34-37,40,42-49,51-61H,14-18,20,22-25H2,1H3. The molecule has 13 saturated carbocycles. The van der Waals surface area contributed by atoms with Crippen molar-refractivity contribution >= 4 is 0 Å². The molecule has 0 amide bonds. The van der Waals surface area contributed by atoms with Gasteiger partial charge in [0, 0.05) is 18.5 Å². The zero-order valence-electron chi connectivity index (χ0n) is 38.1. The first kappa shape index (κ1) is 34.9. The quantitative estimate of drug-likeness (QED) is 0.221. The number of ether oxygens (including phenoxy) is 2. The Labute approximate surface area is 385 Å². The topological polar surface area (TPSA) is 21.7 Å². The van der Waals surface area contributed by atoms with E-state index in [1.165, 1.54) is 30.5 Å². The zero-order chi connectivity index (χ0) is 41.2. The van der Waals surface area contributed by atoms with Crippen LogP contribution in [-0.4, -0.2) is 18.5 Å². The van der Waals surface area contributed by atoms with Gasteiger partial charge >= 0.3 is 0 Å². The summed E-state index contributed by atoms with van der Waals surface area (Å²) in [6, 6.07) is 29.4. The van der Waals surface area contributed by atoms with Gasteiger partial charge in [0.1, 0.15) is 13.2 Å². The lowest BCUT2D eigenvalue weighted by atomic mass is 9.40. The predicted molar refractivity (Wildman–Crippen MR) is 247 cm³/mol. The SMILES string of the molecule is CN1CC2C3CC4CC5CC6CC7CC8CC9=CC%10CC2(C2C%10C%10C9C9=C8C7C7C6C6C5C4C4C3C2C2C%10C9C7C6C42)C1c1ccc(OCc2ccccc2)c(OCc2ccccc2)c1. The number of nitrogens with zero attached hydrogens (tertiary/aromatic N) is 1. The fourth-order valence-electron chi connectivity index (χ4n) is 27.6. The first-order chi connectivity index (χ1) is 32.1. The molecule has 3 aromatic carbocycles. The van der Waals surface area contributed by atoms with Gasteiger partial charge in [-0.1, -0.05) is 89.5 Å². The Morgan fingerprint density at radius 3 is 2.02 bits per heavy atom. The van der Waals surface area contributed by atoms with Crippen LogP contribution in [-0.2, 0) is 13.2 Å². The van der Waals surface area contributed by atoms with E-state index in [9.17, 15) is 0 Å². The van der Waals surface area contributed by atoms with Crippen LogP contribution < -0.4 is 9.47 Å². The number of hydrogen-bond donors (Lipinski definition) is 0. The maximum atomic E-state index is 6.97. The zero-order valence-corrected chi connectivity index (χ0v) is 38.1. The van der Waals surface area contributed by atoms with Crippen LogP contribution in [0, 0.1) is 165 Å². The predicted octanol–water partition coefficient (Wildman–Crippen LogP) is 11.6. The third-order valence-corrected chi connectivity index (χ3v) is 26.9. The molecule has 1 aliphatic heterocycles. The van der Waals surface area contributed by atoms with E-state index < -0.39 is 0 Å². The largest absolute Gasteiger partial charge is 0.485 e. The molecule has 0 aromatic heterocycles. The van der Waals surface area contributed by atoms with Crippen molar-refractivity contribution in [3.05, 3.63) is 118 Å². The number of hydrogen-bond acceptors (Lipinski definition) is 3. The van der Waals surface area contributed by atoms with Crippen molar-refractivity contribution in [1.82, 2.24) is 4.90 Å². The van der Waals surface area contributed by atoms with Crippen molar-refractivity contribution in [2.75, 3.05) is 13.6 Å². The molecule has 3 aromatic rings. The molecule has 1 spiro atoms. The fourth-order valence-corrected chi connectivity index (χ4v) is 27.6. The first-order valence-corrected chi connectivity index (χ1v) is 27.8. The molecule has 29 atom stereocenters. The Balaban J connectivity index is 0.799. The van der Waals surface area contributed by atoms with Crippen LogP contribution in [0.25, 0.3) is 0 Å². The van der Waals surface area contributed by atoms with Crippen LogP contribution in [0.2, 0.25) is 0 Å². The van der Waals surface area contributed by atoms with Crippen molar-refractivity contribution in [1.29, 1.82) is 0 Å². The second-order valence-electron chi connectivity index (χ2n) is 27.3. The lowest BCUT2D eigenvalue weighted by Gasteiger charge is -2.64. The molecule has 1 saturated heterocycles. The maximum absolute atomic E-state index is 6.97. The number of benzene rings is 3. The lowest BCUT2D eigenvalue weighted by molar-refractivity contribution is -0.162. The van der Waals surface area contributed by atoms with Gasteiger partial charge in [0.05, 0.1) is 0 Å². The van der Waals surface area contributed by atoms with Crippen LogP contribution in [0.15, 0.2) is 102 Å². The number of rotatable bonds is 7. The summed E-state index contributed by atoms with van der Waals surface area (Å²) in [6.45, 7) is 2.45. The van der Waals surface area contributed by atoms with Gasteiger partial charge in [-0.3, -0.25) is 4.90 Å². The Bertz CT molecular complexity index is 2740. The highest BCUT2D eigenvalue weighted by Crippen LogP contribution is 2.93. The molecular weight excluding hydrogens is 791 g/mol. The minimum Gasteiger partial charge on any atom is -0.485 e. The lowest BCUT2D eigenvalue weighted by Crippen LogP contribution is -2.60. The highest BCUT2D eigenvalue weighted by Gasteiger charge is 2.89. The van der Waals surface area contributed by atoms with E-state index in [1.807, 2.05) is 5.57 Å². The number of allylic oxidation sites excluding steroid dienone is 4. The molecule has 3 heteroatoms. The van der Waals surface area contributed by atoms with E-state index in [0.717, 1.165) is 171 Å². The van der Waals surface area contributed by atoms with Gasteiger partial charge in [-0.2, -0.15) is 0 Å². The Hall–Kier alpha value is -3.30. The van der Waals surface area contributed by atoms with Crippen molar-refractivity contribution < 1.29 is 9.47 Å². The summed E-state index contributed by atoms with van der Waals surface area (Å²) >= 11 is 0. The van der Waals surface area contributed by atoms with Gasteiger partial charge in [-0.25, -0.2) is 0 Å². The fraction of sp³-hybridized carbons (Fsp3) is 0.645. The van der Waals surface area contributed by atoms with Crippen molar-refractivity contribution in [3.8, 4) is 11.5 Å². The van der Waals surface area contributed by atoms with Crippen LogP contribution in [0.4, 0.5) is 0 Å². The Kier molecular flexibility index (Phi) is 5.95. The van der Waals surface area contributed by atoms with Crippen LogP contribution >= 0.6 is 0 Å². The minimum absolute atomic E-state index is 0.353. The average molecular weight is 856 g/mol. The van der Waals surface area contributed by atoms with Crippen LogP contribution in [0.3, 0.4) is 0 Å². The Morgan fingerprint density at radius 1 is 0.569 bits per heavy atom. The first-order valence-electron chi connectivity index (χ1n) is 27.8. The molecule has 0 N–H and O–H groups in total. The second kappa shape index (κ2) is 11.1. The van der Waals surface area contributed by atoms with Crippen molar-refractivity contribution in [2.45, 2.75) is 64.2 Å². The summed E-state index contributed by atoms with van der Waals surface area (Å²) in [5, 5.41) is 0. The van der Waals surface area contributed by atoms with E-state index in [4.69, 9.17) is 9.47 Å². The van der Waals surface area contributed by atoms with Gasteiger partial charge in [0.25, 0.3) is 0 Å². The molecule has 3 nitrogen and oxygen atoms in total. The number of likely N-dealkylation sites (tertiary alicyclic amines) is 1. The minimum atomic E-state index is 0.353. The van der Waals surface area contributed by atoms with Gasteiger partial charge in [0.15, 0.2) is 11.5 Å². The second-order valence-corrected chi connectivity index (χ2v) is 27.3. The molecule has 0 radical (unpaired) electrons. The van der Waals surface area contributed by atoms with E-state index in [0.29, 0.717) is 24.7 Å². The molecule has 1 heterocycles. The molecule has 14 fully saturated rings. The normalized spacial score (nSPS) is 58.8. The van der Waals surface area contributed by atoms with Crippen molar-refractivity contribution in [3.63, 3.8) is 0 Å². The highest BCUT2D eigenvalue weighted by atomic mass is 16.5. The van der Waals surface area contributed by atoms with Gasteiger partial charge < -0.3 is 9.47 Å². The van der Waals surface area contributed by atoms with E-state index in [1.54, 1.807) is 37.7 Å². The monoisotopic (exact) mass is 856 g/mol. The molecule has 330 valence electrons. The molecule has 0 bridgehead atoms. The summed E-state index contributed by atoms with van der Waals surface area (Å²) < 4.78 is 13.7. The van der Waals surface area contributed by atoms with Crippen LogP contribution in [0.5, 0.6) is 11.5 Å². The van der Waals surface area contributed by atoms with E-state index in [2.05, 4.69) is 108 Å². The number of fused-ring (bicyclic) bond motifs is 1. The Morgan fingerprint density at radius 2 is 1.22 bits per heavy atom. The van der Waals surface area contributed by atoms with Gasteiger partial charge in [0.2, 0.25) is 0 Å². The van der Waals surface area contributed by atoms with Gasteiger partial charge in [-0.05, 0) is 240 Å². The molecule has 16 aliphatic carbocycles. The summed E-state index contributed by atoms with van der Waals surface area (Å²) in [7, 11) is 2.60. The smallest absolute Gasteiger partial charge is 0.162 e. The molecule has 65 heavy (non-hydrogen) atoms. The van der Waals surface area contributed by atoms with E-state index in [-0.39, 0.29) is 0 Å². The maximum Gasteiger partial charge on any atom is 0.162 e.